The highest BCUT2D eigenvalue weighted by Crippen LogP contribution is 2.24. The zero-order valence-electron chi connectivity index (χ0n) is 10.8. The van der Waals surface area contributed by atoms with Crippen molar-refractivity contribution >= 4 is 39.1 Å². The molecule has 2 aromatic rings. The number of halogens is 1. The van der Waals surface area contributed by atoms with Crippen LogP contribution in [0.2, 0.25) is 5.02 Å². The van der Waals surface area contributed by atoms with Gasteiger partial charge in [-0.15, -0.1) is 5.10 Å². The number of anilines is 1. The van der Waals surface area contributed by atoms with Crippen LogP contribution in [0.5, 0.6) is 0 Å². The number of carbonyl (C=O) groups excluding carboxylic acids is 1. The van der Waals surface area contributed by atoms with E-state index in [-0.39, 0.29) is 36.5 Å². The third-order valence-corrected chi connectivity index (χ3v) is 4.36. The van der Waals surface area contributed by atoms with Gasteiger partial charge in [0, 0.05) is 25.1 Å². The van der Waals surface area contributed by atoms with Crippen LogP contribution in [0, 0.1) is 5.92 Å². The molecule has 1 aliphatic heterocycles. The van der Waals surface area contributed by atoms with Crippen molar-refractivity contribution in [1.82, 2.24) is 14.6 Å². The standard InChI is InChI=1S/C11H12ClN5O3S/c12-8-1-2-9-14-11(15-17(9)5-8)16-4-7(3-10(16)18)6-21(13,19)20/h1-2,5,7H,3-4,6H2,(H2,13,19,20). The van der Waals surface area contributed by atoms with Gasteiger partial charge < -0.3 is 0 Å². The van der Waals surface area contributed by atoms with E-state index in [1.807, 2.05) is 0 Å². The molecule has 0 aromatic carbocycles. The van der Waals surface area contributed by atoms with Crippen molar-refractivity contribution in [2.75, 3.05) is 17.2 Å². The number of nitrogens with two attached hydrogens (primary N) is 1. The molecule has 21 heavy (non-hydrogen) atoms. The fourth-order valence-electron chi connectivity index (χ4n) is 2.38. The zero-order valence-corrected chi connectivity index (χ0v) is 12.4. The molecule has 0 spiro atoms. The van der Waals surface area contributed by atoms with Gasteiger partial charge in [0.25, 0.3) is 5.95 Å². The molecule has 3 rings (SSSR count). The fraction of sp³-hybridized carbons (Fsp3) is 0.364. The molecule has 2 aromatic heterocycles. The van der Waals surface area contributed by atoms with Gasteiger partial charge in [0.1, 0.15) is 0 Å². The lowest BCUT2D eigenvalue weighted by atomic mass is 10.1. The largest absolute Gasteiger partial charge is 0.279 e. The third kappa shape index (κ3) is 2.99. The van der Waals surface area contributed by atoms with Crippen LogP contribution >= 0.6 is 11.6 Å². The summed E-state index contributed by atoms with van der Waals surface area (Å²) in [6.07, 6.45) is 1.70. The van der Waals surface area contributed by atoms with Gasteiger partial charge in [0.05, 0.1) is 10.8 Å². The maximum atomic E-state index is 12.0. The summed E-state index contributed by atoms with van der Waals surface area (Å²) in [6.45, 7) is 0.236. The summed E-state index contributed by atoms with van der Waals surface area (Å²) in [5.74, 6) is -0.554. The lowest BCUT2D eigenvalue weighted by molar-refractivity contribution is -0.117. The second-order valence-electron chi connectivity index (χ2n) is 4.97. The molecule has 1 aliphatic rings. The van der Waals surface area contributed by atoms with Crippen molar-refractivity contribution in [2.24, 2.45) is 11.1 Å². The first-order valence-electron chi connectivity index (χ1n) is 6.14. The molecule has 1 amide bonds. The molecule has 112 valence electrons. The molecule has 0 radical (unpaired) electrons. The monoisotopic (exact) mass is 329 g/mol. The van der Waals surface area contributed by atoms with Crippen LogP contribution in [0.25, 0.3) is 5.65 Å². The minimum absolute atomic E-state index is 0.118. The van der Waals surface area contributed by atoms with Gasteiger partial charge in [-0.1, -0.05) is 11.6 Å². The van der Waals surface area contributed by atoms with E-state index < -0.39 is 10.0 Å². The number of aromatic nitrogens is 3. The molecular formula is C11H12ClN5O3S. The summed E-state index contributed by atoms with van der Waals surface area (Å²) in [7, 11) is -3.61. The Labute approximate surface area is 125 Å². The Balaban J connectivity index is 1.87. The fourth-order valence-corrected chi connectivity index (χ4v) is 3.41. The summed E-state index contributed by atoms with van der Waals surface area (Å²) in [6, 6.07) is 3.35. The molecule has 3 heterocycles. The van der Waals surface area contributed by atoms with Crippen LogP contribution in [0.1, 0.15) is 6.42 Å². The summed E-state index contributed by atoms with van der Waals surface area (Å²) in [4.78, 5) is 17.6. The quantitative estimate of drug-likeness (QED) is 0.853. The Bertz CT molecular complexity index is 818. The highest BCUT2D eigenvalue weighted by atomic mass is 35.5. The Morgan fingerprint density at radius 1 is 1.43 bits per heavy atom. The summed E-state index contributed by atoms with van der Waals surface area (Å²) < 4.78 is 23.7. The number of hydrogen-bond acceptors (Lipinski definition) is 5. The van der Waals surface area contributed by atoms with E-state index in [1.54, 1.807) is 18.3 Å². The average molecular weight is 330 g/mol. The highest BCUT2D eigenvalue weighted by Gasteiger charge is 2.34. The molecule has 0 aliphatic carbocycles. The summed E-state index contributed by atoms with van der Waals surface area (Å²) >= 11 is 5.86. The van der Waals surface area contributed by atoms with Crippen LogP contribution in [-0.4, -0.2) is 41.2 Å². The van der Waals surface area contributed by atoms with Gasteiger partial charge in [-0.25, -0.2) is 18.1 Å². The van der Waals surface area contributed by atoms with E-state index in [0.717, 1.165) is 0 Å². The first-order chi connectivity index (χ1) is 9.82. The van der Waals surface area contributed by atoms with Gasteiger partial charge in [-0.2, -0.15) is 4.98 Å². The van der Waals surface area contributed by atoms with Crippen molar-refractivity contribution < 1.29 is 13.2 Å². The van der Waals surface area contributed by atoms with Crippen molar-refractivity contribution in [3.05, 3.63) is 23.4 Å². The van der Waals surface area contributed by atoms with Gasteiger partial charge in [0.2, 0.25) is 15.9 Å². The number of sulfonamides is 1. The molecule has 1 saturated heterocycles. The molecule has 2 N–H and O–H groups in total. The van der Waals surface area contributed by atoms with Crippen molar-refractivity contribution in [2.45, 2.75) is 6.42 Å². The van der Waals surface area contributed by atoms with E-state index in [4.69, 9.17) is 16.7 Å². The van der Waals surface area contributed by atoms with Crippen LogP contribution in [-0.2, 0) is 14.8 Å². The Morgan fingerprint density at radius 3 is 2.90 bits per heavy atom. The van der Waals surface area contributed by atoms with Gasteiger partial charge in [0.15, 0.2) is 5.65 Å². The minimum atomic E-state index is -3.61. The predicted octanol–water partition coefficient (Wildman–Crippen LogP) is 0.0241. The van der Waals surface area contributed by atoms with E-state index >= 15 is 0 Å². The van der Waals surface area contributed by atoms with Crippen molar-refractivity contribution in [1.29, 1.82) is 0 Å². The molecule has 0 saturated carbocycles. The molecule has 1 atom stereocenters. The normalized spacial score (nSPS) is 19.6. The highest BCUT2D eigenvalue weighted by molar-refractivity contribution is 7.89. The van der Waals surface area contributed by atoms with Crippen molar-refractivity contribution in [3.8, 4) is 0 Å². The van der Waals surface area contributed by atoms with E-state index in [0.29, 0.717) is 10.7 Å². The minimum Gasteiger partial charge on any atom is -0.279 e. The van der Waals surface area contributed by atoms with Crippen LogP contribution in [0.4, 0.5) is 5.95 Å². The van der Waals surface area contributed by atoms with E-state index in [1.165, 1.54) is 9.42 Å². The number of carbonyl (C=O) groups is 1. The third-order valence-electron chi connectivity index (χ3n) is 3.20. The Hall–Kier alpha value is -1.71. The second kappa shape index (κ2) is 4.93. The van der Waals surface area contributed by atoms with Crippen LogP contribution in [0.15, 0.2) is 18.3 Å². The average Bonchev–Trinajstić information content (AvgIpc) is 2.89. The maximum absolute atomic E-state index is 12.0. The Kier molecular flexibility index (Phi) is 3.34. The van der Waals surface area contributed by atoms with Crippen LogP contribution in [0.3, 0.4) is 0 Å². The molecule has 8 nitrogen and oxygen atoms in total. The smallest absolute Gasteiger partial charge is 0.252 e. The Morgan fingerprint density at radius 2 is 2.19 bits per heavy atom. The lowest BCUT2D eigenvalue weighted by Crippen LogP contribution is -2.28. The van der Waals surface area contributed by atoms with Gasteiger partial charge in [-0.05, 0) is 12.1 Å². The number of nitrogens with zero attached hydrogens (tertiary/aromatic N) is 4. The van der Waals surface area contributed by atoms with Crippen LogP contribution < -0.4 is 10.0 Å². The second-order valence-corrected chi connectivity index (χ2v) is 7.06. The van der Waals surface area contributed by atoms with E-state index in [9.17, 15) is 13.2 Å². The van der Waals surface area contributed by atoms with Crippen molar-refractivity contribution in [3.63, 3.8) is 0 Å². The predicted molar refractivity (Wildman–Crippen MR) is 76.4 cm³/mol. The number of fused-ring (bicyclic) bond motifs is 1. The number of rotatable bonds is 3. The molecule has 1 fully saturated rings. The molecule has 1 unspecified atom stereocenters. The molecule has 0 bridgehead atoms. The zero-order chi connectivity index (χ0) is 15.2. The number of amides is 1. The maximum Gasteiger partial charge on any atom is 0.252 e. The lowest BCUT2D eigenvalue weighted by Gasteiger charge is -2.11. The first kappa shape index (κ1) is 14.2. The van der Waals surface area contributed by atoms with Gasteiger partial charge in [-0.3, -0.25) is 9.69 Å². The number of hydrogen-bond donors (Lipinski definition) is 1. The topological polar surface area (TPSA) is 111 Å². The van der Waals surface area contributed by atoms with Gasteiger partial charge >= 0.3 is 0 Å². The molecule has 10 heteroatoms. The summed E-state index contributed by atoms with van der Waals surface area (Å²) in [5.41, 5.74) is 0.553. The van der Waals surface area contributed by atoms with E-state index in [2.05, 4.69) is 10.1 Å². The summed E-state index contributed by atoms with van der Waals surface area (Å²) in [5, 5.41) is 9.70. The molecular weight excluding hydrogens is 318 g/mol. The number of primary sulfonamides is 1. The number of pyridine rings is 1. The first-order valence-corrected chi connectivity index (χ1v) is 8.24. The SMILES string of the molecule is NS(=O)(=O)CC1CC(=O)N(c2nc3ccc(Cl)cn3n2)C1.